The second-order valence-corrected chi connectivity index (χ2v) is 19.6. The van der Waals surface area contributed by atoms with Crippen molar-refractivity contribution in [2.24, 2.45) is 0 Å². The zero-order valence-corrected chi connectivity index (χ0v) is 40.4. The topological polar surface area (TPSA) is 21.3 Å². The standard InChI is InChI=1S/C71H46N2O/c1-3-20-51(21-4-1)71(52-22-5-2-6-23-52)64-30-13-9-27-58(64)59-42-40-55(46-65(59)71)72(66-31-14-10-25-56(66)50-37-43-69-63(45-50)62-41-36-48-18-7-8-26-57(48)70(62)74-69)53-38-34-47(35-39-53)49-19-17-24-54(44-49)73-67-32-15-11-28-60(67)61-29-12-16-33-68(61)73/h1-46H. The molecule has 74 heavy (non-hydrogen) atoms. The van der Waals surface area contributed by atoms with Gasteiger partial charge in [0.25, 0.3) is 0 Å². The van der Waals surface area contributed by atoms with Crippen molar-refractivity contribution in [3.8, 4) is 39.1 Å². The van der Waals surface area contributed by atoms with E-state index in [2.05, 4.69) is 289 Å². The van der Waals surface area contributed by atoms with Crippen LogP contribution in [0.5, 0.6) is 0 Å². The van der Waals surface area contributed by atoms with E-state index in [0.717, 1.165) is 72.3 Å². The van der Waals surface area contributed by atoms with E-state index in [1.807, 2.05) is 0 Å². The van der Waals surface area contributed by atoms with Gasteiger partial charge in [0.2, 0.25) is 0 Å². The largest absolute Gasteiger partial charge is 0.455 e. The molecule has 0 fully saturated rings. The van der Waals surface area contributed by atoms with Gasteiger partial charge in [0.05, 0.1) is 22.1 Å². The fraction of sp³-hybridized carbons (Fsp3) is 0.0141. The van der Waals surface area contributed by atoms with Crippen molar-refractivity contribution >= 4 is 71.6 Å². The smallest absolute Gasteiger partial charge is 0.143 e. The van der Waals surface area contributed by atoms with Crippen LogP contribution in [0.4, 0.5) is 17.1 Å². The first-order chi connectivity index (χ1) is 36.7. The van der Waals surface area contributed by atoms with Crippen molar-refractivity contribution < 1.29 is 4.42 Å². The zero-order chi connectivity index (χ0) is 48.7. The van der Waals surface area contributed by atoms with Gasteiger partial charge in [0.1, 0.15) is 11.2 Å². The van der Waals surface area contributed by atoms with E-state index in [0.29, 0.717) is 0 Å². The van der Waals surface area contributed by atoms with Crippen molar-refractivity contribution in [1.29, 1.82) is 0 Å². The molecule has 0 N–H and O–H groups in total. The minimum atomic E-state index is -0.557. The van der Waals surface area contributed by atoms with E-state index >= 15 is 0 Å². The Balaban J connectivity index is 0.923. The van der Waals surface area contributed by atoms with Crippen LogP contribution in [0.1, 0.15) is 22.3 Å². The summed E-state index contributed by atoms with van der Waals surface area (Å²) in [5, 5.41) is 7.02. The van der Waals surface area contributed by atoms with Gasteiger partial charge in [-0.2, -0.15) is 0 Å². The van der Waals surface area contributed by atoms with Gasteiger partial charge in [-0.05, 0) is 128 Å². The van der Waals surface area contributed by atoms with Gasteiger partial charge in [-0.3, -0.25) is 0 Å². The predicted octanol–water partition coefficient (Wildman–Crippen LogP) is 19.0. The monoisotopic (exact) mass is 942 g/mol. The van der Waals surface area contributed by atoms with Crippen LogP contribution in [0.2, 0.25) is 0 Å². The third-order valence-electron chi connectivity index (χ3n) is 15.7. The predicted molar refractivity (Wildman–Crippen MR) is 308 cm³/mol. The van der Waals surface area contributed by atoms with Gasteiger partial charge < -0.3 is 13.9 Å². The number of nitrogens with zero attached hydrogens (tertiary/aromatic N) is 2. The SMILES string of the molecule is c1ccc(C2(c3ccccc3)c3ccccc3-c3ccc(N(c4ccc(-c5cccc(-n6c7ccccc7c7ccccc76)c5)cc4)c4ccccc4-c4ccc5oc6c7ccccc7ccc6c5c4)cc32)cc1. The molecule has 1 aliphatic carbocycles. The lowest BCUT2D eigenvalue weighted by Crippen LogP contribution is -2.28. The maximum atomic E-state index is 6.64. The summed E-state index contributed by atoms with van der Waals surface area (Å²) in [7, 11) is 0. The summed E-state index contributed by atoms with van der Waals surface area (Å²) in [6.07, 6.45) is 0. The van der Waals surface area contributed by atoms with E-state index in [1.54, 1.807) is 0 Å². The van der Waals surface area contributed by atoms with E-state index in [1.165, 1.54) is 60.6 Å². The molecule has 12 aromatic carbocycles. The second kappa shape index (κ2) is 16.7. The molecule has 0 radical (unpaired) electrons. The normalized spacial score (nSPS) is 12.7. The van der Waals surface area contributed by atoms with E-state index in [-0.39, 0.29) is 0 Å². The first kappa shape index (κ1) is 42.0. The molecule has 15 rings (SSSR count). The van der Waals surface area contributed by atoms with Crippen LogP contribution >= 0.6 is 0 Å². The van der Waals surface area contributed by atoms with Gasteiger partial charge >= 0.3 is 0 Å². The van der Waals surface area contributed by atoms with Crippen LogP contribution in [0.15, 0.2) is 283 Å². The van der Waals surface area contributed by atoms with Crippen molar-refractivity contribution in [2.75, 3.05) is 4.90 Å². The van der Waals surface area contributed by atoms with Gasteiger partial charge in [-0.1, -0.05) is 206 Å². The molecule has 0 saturated carbocycles. The fourth-order valence-electron chi connectivity index (χ4n) is 12.4. The summed E-state index contributed by atoms with van der Waals surface area (Å²) in [4.78, 5) is 2.46. The molecule has 0 unspecified atom stereocenters. The fourth-order valence-corrected chi connectivity index (χ4v) is 12.4. The summed E-state index contributed by atoms with van der Waals surface area (Å²) in [6.45, 7) is 0. The number of aromatic nitrogens is 1. The average molecular weight is 943 g/mol. The summed E-state index contributed by atoms with van der Waals surface area (Å²) < 4.78 is 9.03. The highest BCUT2D eigenvalue weighted by molar-refractivity contribution is 6.16. The Morgan fingerprint density at radius 1 is 0.338 bits per heavy atom. The number of benzene rings is 12. The molecule has 2 aromatic heterocycles. The number of hydrogen-bond acceptors (Lipinski definition) is 2. The third-order valence-corrected chi connectivity index (χ3v) is 15.7. The van der Waals surface area contributed by atoms with Crippen molar-refractivity contribution in [1.82, 2.24) is 4.57 Å². The van der Waals surface area contributed by atoms with Gasteiger partial charge in [0.15, 0.2) is 0 Å². The zero-order valence-electron chi connectivity index (χ0n) is 40.4. The number of hydrogen-bond donors (Lipinski definition) is 0. The number of fused-ring (bicyclic) bond motifs is 11. The lowest BCUT2D eigenvalue weighted by atomic mass is 9.67. The molecule has 0 spiro atoms. The van der Waals surface area contributed by atoms with Crippen LogP contribution in [0.25, 0.3) is 93.6 Å². The highest BCUT2D eigenvalue weighted by Gasteiger charge is 2.46. The molecule has 3 heteroatoms. The van der Waals surface area contributed by atoms with E-state index in [4.69, 9.17) is 4.42 Å². The van der Waals surface area contributed by atoms with Crippen LogP contribution in [-0.2, 0) is 5.41 Å². The number of para-hydroxylation sites is 3. The molecule has 0 aliphatic heterocycles. The van der Waals surface area contributed by atoms with Crippen molar-refractivity contribution in [2.45, 2.75) is 5.41 Å². The molecular formula is C71H46N2O. The summed E-state index contributed by atoms with van der Waals surface area (Å²) in [6, 6.07) is 102. The summed E-state index contributed by atoms with van der Waals surface area (Å²) in [5.74, 6) is 0. The molecule has 3 nitrogen and oxygen atoms in total. The Morgan fingerprint density at radius 3 is 1.70 bits per heavy atom. The van der Waals surface area contributed by atoms with E-state index < -0.39 is 5.41 Å². The number of anilines is 3. The Kier molecular flexibility index (Phi) is 9.48. The Morgan fingerprint density at radius 2 is 0.946 bits per heavy atom. The quantitative estimate of drug-likeness (QED) is 0.151. The second-order valence-electron chi connectivity index (χ2n) is 19.6. The van der Waals surface area contributed by atoms with Crippen LogP contribution in [0.3, 0.4) is 0 Å². The first-order valence-electron chi connectivity index (χ1n) is 25.5. The Labute approximate surface area is 429 Å². The molecule has 2 heterocycles. The molecule has 14 aromatic rings. The van der Waals surface area contributed by atoms with Gasteiger partial charge in [-0.15, -0.1) is 0 Å². The summed E-state index contributed by atoms with van der Waals surface area (Å²) in [5.41, 5.74) is 20.0. The Hall–Kier alpha value is -9.70. The molecule has 0 atom stereocenters. The molecule has 0 bridgehead atoms. The number of furan rings is 1. The van der Waals surface area contributed by atoms with Crippen LogP contribution in [0, 0.1) is 0 Å². The van der Waals surface area contributed by atoms with E-state index in [9.17, 15) is 0 Å². The van der Waals surface area contributed by atoms with Crippen molar-refractivity contribution in [3.05, 3.63) is 301 Å². The number of rotatable bonds is 8. The molecule has 0 saturated heterocycles. The highest BCUT2D eigenvalue weighted by atomic mass is 16.3. The first-order valence-corrected chi connectivity index (χ1v) is 25.5. The third kappa shape index (κ3) is 6.33. The minimum absolute atomic E-state index is 0.557. The van der Waals surface area contributed by atoms with Crippen LogP contribution in [-0.4, -0.2) is 4.57 Å². The molecule has 346 valence electrons. The lowest BCUT2D eigenvalue weighted by molar-refractivity contribution is 0.672. The lowest BCUT2D eigenvalue weighted by Gasteiger charge is -2.35. The maximum absolute atomic E-state index is 6.64. The maximum Gasteiger partial charge on any atom is 0.143 e. The van der Waals surface area contributed by atoms with Gasteiger partial charge in [-0.25, -0.2) is 0 Å². The van der Waals surface area contributed by atoms with Crippen LogP contribution < -0.4 is 4.90 Å². The average Bonchev–Trinajstić information content (AvgIpc) is 4.14. The summed E-state index contributed by atoms with van der Waals surface area (Å²) >= 11 is 0. The molecular weight excluding hydrogens is 897 g/mol. The highest BCUT2D eigenvalue weighted by Crippen LogP contribution is 2.57. The Bertz CT molecular complexity index is 4390. The molecule has 1 aliphatic rings. The van der Waals surface area contributed by atoms with Crippen molar-refractivity contribution in [3.63, 3.8) is 0 Å². The molecule has 0 amide bonds. The minimum Gasteiger partial charge on any atom is -0.455 e. The van der Waals surface area contributed by atoms with Gasteiger partial charge in [0, 0.05) is 49.6 Å².